The third kappa shape index (κ3) is 5.26. The van der Waals surface area contributed by atoms with E-state index >= 15 is 0 Å². The molecule has 3 N–H and O–H groups in total. The van der Waals surface area contributed by atoms with Gasteiger partial charge in [0.25, 0.3) is 0 Å². The number of thiocarbonyl (C=S) groups is 1. The van der Waals surface area contributed by atoms with E-state index in [1.165, 1.54) is 13.3 Å². The molecule has 0 saturated carbocycles. The fourth-order valence-corrected chi connectivity index (χ4v) is 1.11. The van der Waals surface area contributed by atoms with E-state index in [0.717, 1.165) is 5.56 Å². The van der Waals surface area contributed by atoms with Crippen LogP contribution in [0.5, 0.6) is 5.75 Å². The molecule has 1 aromatic rings. The lowest BCUT2D eigenvalue weighted by Gasteiger charge is -2.05. The van der Waals surface area contributed by atoms with E-state index in [2.05, 4.69) is 27.5 Å². The highest BCUT2D eigenvalue weighted by Gasteiger charge is 2.01. The van der Waals surface area contributed by atoms with E-state index in [-0.39, 0.29) is 11.7 Å². The van der Waals surface area contributed by atoms with Crippen LogP contribution in [0.4, 0.5) is 0 Å². The van der Waals surface area contributed by atoms with Crippen LogP contribution in [-0.4, -0.2) is 31.0 Å². The van der Waals surface area contributed by atoms with Crippen molar-refractivity contribution in [2.24, 2.45) is 10.8 Å². The number of ether oxygens (including phenoxy) is 2. The Morgan fingerprint density at radius 2 is 2.39 bits per heavy atom. The molecule has 6 nitrogen and oxygen atoms in total. The zero-order valence-corrected chi connectivity index (χ0v) is 10.6. The minimum Gasteiger partial charge on any atom is -0.482 e. The molecular formula is C11H13N3O3S. The molecule has 18 heavy (non-hydrogen) atoms. The summed E-state index contributed by atoms with van der Waals surface area (Å²) in [7, 11) is 1.30. The Hall–Kier alpha value is -2.15. The number of hydrogen-bond acceptors (Lipinski definition) is 5. The zero-order chi connectivity index (χ0) is 13.4. The van der Waals surface area contributed by atoms with Crippen molar-refractivity contribution in [1.82, 2.24) is 5.43 Å². The van der Waals surface area contributed by atoms with Gasteiger partial charge in [-0.15, -0.1) is 0 Å². The summed E-state index contributed by atoms with van der Waals surface area (Å²) >= 11 is 4.60. The summed E-state index contributed by atoms with van der Waals surface area (Å²) in [5, 5.41) is 3.89. The van der Waals surface area contributed by atoms with E-state index in [9.17, 15) is 4.79 Å². The lowest BCUT2D eigenvalue weighted by Crippen LogP contribution is -2.23. The number of nitrogens with zero attached hydrogens (tertiary/aromatic N) is 1. The number of methoxy groups -OCH3 is 1. The Morgan fingerprint density at radius 1 is 1.61 bits per heavy atom. The van der Waals surface area contributed by atoms with Gasteiger partial charge in [0.2, 0.25) is 0 Å². The first-order valence-electron chi connectivity index (χ1n) is 5.00. The minimum absolute atomic E-state index is 0.0874. The van der Waals surface area contributed by atoms with Gasteiger partial charge in [-0.3, -0.25) is 5.43 Å². The van der Waals surface area contributed by atoms with Crippen LogP contribution in [-0.2, 0) is 9.53 Å². The van der Waals surface area contributed by atoms with Crippen LogP contribution in [0.3, 0.4) is 0 Å². The molecule has 0 saturated heterocycles. The van der Waals surface area contributed by atoms with Crippen LogP contribution in [0.15, 0.2) is 29.4 Å². The van der Waals surface area contributed by atoms with Gasteiger partial charge in [-0.1, -0.05) is 12.1 Å². The zero-order valence-electron chi connectivity index (χ0n) is 9.75. The largest absolute Gasteiger partial charge is 0.482 e. The number of esters is 1. The molecule has 0 amide bonds. The maximum atomic E-state index is 10.9. The van der Waals surface area contributed by atoms with E-state index < -0.39 is 5.97 Å². The Morgan fingerprint density at radius 3 is 3.06 bits per heavy atom. The molecule has 0 unspecified atom stereocenters. The molecule has 0 fully saturated rings. The van der Waals surface area contributed by atoms with Crippen molar-refractivity contribution in [2.45, 2.75) is 0 Å². The van der Waals surface area contributed by atoms with E-state index in [1.807, 2.05) is 6.07 Å². The molecule has 0 aliphatic heterocycles. The highest BCUT2D eigenvalue weighted by Crippen LogP contribution is 2.11. The molecule has 1 aromatic carbocycles. The highest BCUT2D eigenvalue weighted by atomic mass is 32.1. The summed E-state index contributed by atoms with van der Waals surface area (Å²) in [5.41, 5.74) is 8.43. The predicted octanol–water partition coefficient (Wildman–Crippen LogP) is 0.406. The van der Waals surface area contributed by atoms with E-state index in [0.29, 0.717) is 5.75 Å². The van der Waals surface area contributed by atoms with Crippen LogP contribution in [0, 0.1) is 0 Å². The first kappa shape index (κ1) is 13.9. The standard InChI is InChI=1S/C11H13N3O3S/c1-16-10(15)7-17-9-4-2-3-8(5-9)6-13-14-11(12)18/h2-6H,7H2,1H3,(H3,12,14,18). The molecule has 0 spiro atoms. The van der Waals surface area contributed by atoms with Crippen molar-refractivity contribution >= 4 is 29.5 Å². The quantitative estimate of drug-likeness (QED) is 0.348. The third-order valence-corrected chi connectivity index (χ3v) is 1.92. The number of hydrazone groups is 1. The third-order valence-electron chi connectivity index (χ3n) is 1.83. The van der Waals surface area contributed by atoms with Crippen molar-refractivity contribution in [2.75, 3.05) is 13.7 Å². The molecule has 96 valence electrons. The number of benzene rings is 1. The monoisotopic (exact) mass is 267 g/mol. The Kier molecular flexibility index (Phi) is 5.59. The second kappa shape index (κ2) is 7.23. The molecule has 0 aromatic heterocycles. The SMILES string of the molecule is COC(=O)COc1cccc(C=NNC(N)=S)c1. The fourth-order valence-electron chi connectivity index (χ4n) is 1.06. The minimum atomic E-state index is -0.441. The average molecular weight is 267 g/mol. The van der Waals surface area contributed by atoms with Crippen LogP contribution in [0.25, 0.3) is 0 Å². The summed E-state index contributed by atoms with van der Waals surface area (Å²) in [6, 6.07) is 7.03. The molecule has 0 atom stereocenters. The smallest absolute Gasteiger partial charge is 0.343 e. The topological polar surface area (TPSA) is 85.9 Å². The first-order chi connectivity index (χ1) is 8.61. The average Bonchev–Trinajstić information content (AvgIpc) is 2.36. The lowest BCUT2D eigenvalue weighted by atomic mass is 10.2. The molecule has 0 radical (unpaired) electrons. The maximum absolute atomic E-state index is 10.9. The second-order valence-corrected chi connectivity index (χ2v) is 3.61. The van der Waals surface area contributed by atoms with Crippen LogP contribution >= 0.6 is 12.2 Å². The molecule has 0 bridgehead atoms. The fraction of sp³-hybridized carbons (Fsp3) is 0.182. The summed E-state index contributed by atoms with van der Waals surface area (Å²) < 4.78 is 9.68. The second-order valence-electron chi connectivity index (χ2n) is 3.17. The maximum Gasteiger partial charge on any atom is 0.343 e. The first-order valence-corrected chi connectivity index (χ1v) is 5.41. The molecule has 0 heterocycles. The number of hydrogen-bond donors (Lipinski definition) is 2. The predicted molar refractivity (Wildman–Crippen MR) is 71.5 cm³/mol. The van der Waals surface area contributed by atoms with Crippen molar-refractivity contribution in [1.29, 1.82) is 0 Å². The van der Waals surface area contributed by atoms with Crippen molar-refractivity contribution in [3.8, 4) is 5.75 Å². The van der Waals surface area contributed by atoms with Gasteiger partial charge in [-0.25, -0.2) is 4.79 Å². The van der Waals surface area contributed by atoms with Gasteiger partial charge in [-0.2, -0.15) is 5.10 Å². The number of rotatable bonds is 5. The van der Waals surface area contributed by atoms with Gasteiger partial charge >= 0.3 is 5.97 Å². The molecule has 1 rings (SSSR count). The summed E-state index contributed by atoms with van der Waals surface area (Å²) in [5.74, 6) is 0.101. The number of nitrogens with two attached hydrogens (primary N) is 1. The van der Waals surface area contributed by atoms with Crippen LogP contribution < -0.4 is 15.9 Å². The highest BCUT2D eigenvalue weighted by molar-refractivity contribution is 7.80. The summed E-state index contributed by atoms with van der Waals surface area (Å²) in [4.78, 5) is 10.9. The summed E-state index contributed by atoms with van der Waals surface area (Å²) in [6.07, 6.45) is 1.53. The van der Waals surface area contributed by atoms with Gasteiger partial charge < -0.3 is 15.2 Å². The van der Waals surface area contributed by atoms with Gasteiger partial charge in [-0.05, 0) is 29.9 Å². The number of nitrogens with one attached hydrogen (secondary N) is 1. The lowest BCUT2D eigenvalue weighted by molar-refractivity contribution is -0.142. The Balaban J connectivity index is 2.59. The van der Waals surface area contributed by atoms with E-state index in [1.54, 1.807) is 18.2 Å². The van der Waals surface area contributed by atoms with Gasteiger partial charge in [0, 0.05) is 0 Å². The number of carbonyl (C=O) groups is 1. The molecule has 0 aliphatic carbocycles. The Labute approximate surface area is 110 Å². The van der Waals surface area contributed by atoms with Crippen LogP contribution in [0.1, 0.15) is 5.56 Å². The van der Waals surface area contributed by atoms with E-state index in [4.69, 9.17) is 10.5 Å². The normalized spacial score (nSPS) is 10.1. The van der Waals surface area contributed by atoms with Crippen LogP contribution in [0.2, 0.25) is 0 Å². The van der Waals surface area contributed by atoms with Gasteiger partial charge in [0.05, 0.1) is 13.3 Å². The molecule has 7 heteroatoms. The van der Waals surface area contributed by atoms with Crippen molar-refractivity contribution in [3.05, 3.63) is 29.8 Å². The van der Waals surface area contributed by atoms with Crippen molar-refractivity contribution in [3.63, 3.8) is 0 Å². The van der Waals surface area contributed by atoms with Crippen molar-refractivity contribution < 1.29 is 14.3 Å². The number of carbonyl (C=O) groups excluding carboxylic acids is 1. The van der Waals surface area contributed by atoms with Gasteiger partial charge in [0.15, 0.2) is 11.7 Å². The Bertz CT molecular complexity index is 463. The summed E-state index contributed by atoms with van der Waals surface area (Å²) in [6.45, 7) is -0.137. The molecular weight excluding hydrogens is 254 g/mol. The van der Waals surface area contributed by atoms with Gasteiger partial charge in [0.1, 0.15) is 5.75 Å². The molecule has 0 aliphatic rings.